The van der Waals surface area contributed by atoms with Crippen molar-refractivity contribution in [3.63, 3.8) is 0 Å². The Balaban J connectivity index is 1.76. The average Bonchev–Trinajstić information content (AvgIpc) is 2.79. The molecule has 1 heterocycles. The number of nitroso groups, excluding NO2 is 1. The van der Waals surface area contributed by atoms with Gasteiger partial charge in [-0.1, -0.05) is 30.3 Å². The third-order valence-corrected chi connectivity index (χ3v) is 4.34. The first-order valence-corrected chi connectivity index (χ1v) is 8.88. The number of aromatic nitrogens is 1. The van der Waals surface area contributed by atoms with E-state index in [-0.39, 0.29) is 5.56 Å². The average molecular weight is 381 g/mol. The molecule has 6 heteroatoms. The summed E-state index contributed by atoms with van der Waals surface area (Å²) in [5, 5.41) is 13.4. The Kier molecular flexibility index (Phi) is 5.12. The van der Waals surface area contributed by atoms with E-state index in [1.807, 2.05) is 36.4 Å². The van der Waals surface area contributed by atoms with Crippen molar-refractivity contribution in [2.45, 2.75) is 6.61 Å². The summed E-state index contributed by atoms with van der Waals surface area (Å²) in [4.78, 5) is 15.0. The van der Waals surface area contributed by atoms with E-state index in [0.29, 0.717) is 40.4 Å². The van der Waals surface area contributed by atoms with Crippen LogP contribution in [-0.2, 0) is 6.61 Å². The SMILES string of the molecule is N#Cc1c(OCc2ccccc2)cc2ncccc2c1Oc1ccc(N=O)cc1. The first kappa shape index (κ1) is 18.1. The summed E-state index contributed by atoms with van der Waals surface area (Å²) in [6.07, 6.45) is 1.67. The standard InChI is InChI=1S/C23H15N3O3/c24-14-20-22(28-15-16-5-2-1-3-6-16)13-21-19(7-4-12-25-21)23(20)29-18-10-8-17(26-27)9-11-18/h1-13H,15H2. The van der Waals surface area contributed by atoms with Crippen LogP contribution in [0.4, 0.5) is 5.69 Å². The van der Waals surface area contributed by atoms with E-state index in [9.17, 15) is 10.2 Å². The summed E-state index contributed by atoms with van der Waals surface area (Å²) in [6.45, 7) is 0.313. The van der Waals surface area contributed by atoms with E-state index >= 15 is 0 Å². The van der Waals surface area contributed by atoms with Crippen molar-refractivity contribution >= 4 is 16.6 Å². The van der Waals surface area contributed by atoms with Crippen molar-refractivity contribution in [3.05, 3.63) is 95.0 Å². The Morgan fingerprint density at radius 2 is 1.79 bits per heavy atom. The Hall–Kier alpha value is -4.24. The van der Waals surface area contributed by atoms with Gasteiger partial charge in [0.15, 0.2) is 5.75 Å². The molecule has 0 aliphatic carbocycles. The molecular weight excluding hydrogens is 366 g/mol. The molecule has 0 aliphatic rings. The van der Waals surface area contributed by atoms with Gasteiger partial charge in [0.25, 0.3) is 0 Å². The molecule has 6 nitrogen and oxygen atoms in total. The first-order chi connectivity index (χ1) is 14.3. The number of hydrogen-bond donors (Lipinski definition) is 0. The second-order valence-electron chi connectivity index (χ2n) is 6.22. The fraction of sp³-hybridized carbons (Fsp3) is 0.0435. The summed E-state index contributed by atoms with van der Waals surface area (Å²) >= 11 is 0. The second kappa shape index (κ2) is 8.19. The normalized spacial score (nSPS) is 10.3. The van der Waals surface area contributed by atoms with Gasteiger partial charge in [-0.3, -0.25) is 4.98 Å². The molecule has 0 N–H and O–H groups in total. The van der Waals surface area contributed by atoms with E-state index in [1.54, 1.807) is 42.6 Å². The molecule has 0 radical (unpaired) electrons. The van der Waals surface area contributed by atoms with Crippen molar-refractivity contribution in [2.75, 3.05) is 0 Å². The molecule has 0 atom stereocenters. The molecule has 4 rings (SSSR count). The van der Waals surface area contributed by atoms with Crippen molar-refractivity contribution in [3.8, 4) is 23.3 Å². The number of nitrogens with zero attached hydrogens (tertiary/aromatic N) is 3. The Bertz CT molecular complexity index is 1200. The van der Waals surface area contributed by atoms with Gasteiger partial charge in [-0.15, -0.1) is 4.91 Å². The minimum atomic E-state index is 0.277. The molecule has 0 spiro atoms. The van der Waals surface area contributed by atoms with E-state index in [4.69, 9.17) is 9.47 Å². The molecule has 0 saturated heterocycles. The zero-order chi connectivity index (χ0) is 20.1. The van der Waals surface area contributed by atoms with Crippen LogP contribution in [0.5, 0.6) is 17.2 Å². The van der Waals surface area contributed by atoms with Crippen LogP contribution in [0.25, 0.3) is 10.9 Å². The zero-order valence-corrected chi connectivity index (χ0v) is 15.3. The molecule has 0 bridgehead atoms. The highest BCUT2D eigenvalue weighted by molar-refractivity contribution is 5.90. The molecule has 4 aromatic rings. The van der Waals surface area contributed by atoms with Crippen LogP contribution in [0.15, 0.2) is 84.2 Å². The fourth-order valence-corrected chi connectivity index (χ4v) is 2.92. The maximum absolute atomic E-state index is 10.6. The Morgan fingerprint density at radius 3 is 2.52 bits per heavy atom. The number of benzene rings is 3. The minimum absolute atomic E-state index is 0.277. The van der Waals surface area contributed by atoms with Crippen molar-refractivity contribution < 1.29 is 9.47 Å². The summed E-state index contributed by atoms with van der Waals surface area (Å²) in [7, 11) is 0. The summed E-state index contributed by atoms with van der Waals surface area (Å²) in [5.41, 5.74) is 2.20. The highest BCUT2D eigenvalue weighted by Crippen LogP contribution is 2.39. The highest BCUT2D eigenvalue weighted by Gasteiger charge is 2.18. The smallest absolute Gasteiger partial charge is 0.158 e. The van der Waals surface area contributed by atoms with Crippen LogP contribution < -0.4 is 9.47 Å². The van der Waals surface area contributed by atoms with Crippen molar-refractivity contribution in [2.24, 2.45) is 5.18 Å². The number of hydrogen-bond acceptors (Lipinski definition) is 6. The van der Waals surface area contributed by atoms with Gasteiger partial charge in [-0.2, -0.15) is 5.26 Å². The number of nitriles is 1. The van der Waals surface area contributed by atoms with Crippen LogP contribution in [0.2, 0.25) is 0 Å². The van der Waals surface area contributed by atoms with Gasteiger partial charge in [0.2, 0.25) is 0 Å². The molecule has 0 aliphatic heterocycles. The summed E-state index contributed by atoms with van der Waals surface area (Å²) < 4.78 is 12.0. The number of fused-ring (bicyclic) bond motifs is 1. The van der Waals surface area contributed by atoms with Crippen LogP contribution >= 0.6 is 0 Å². The summed E-state index contributed by atoms with van der Waals surface area (Å²) in [5.74, 6) is 1.22. The van der Waals surface area contributed by atoms with Gasteiger partial charge in [-0.25, -0.2) is 0 Å². The van der Waals surface area contributed by atoms with E-state index in [1.165, 1.54) is 0 Å². The van der Waals surface area contributed by atoms with Gasteiger partial charge in [0, 0.05) is 17.6 Å². The number of pyridine rings is 1. The van der Waals surface area contributed by atoms with Gasteiger partial charge < -0.3 is 9.47 Å². The van der Waals surface area contributed by atoms with E-state index in [0.717, 1.165) is 5.56 Å². The fourth-order valence-electron chi connectivity index (χ4n) is 2.92. The number of rotatable bonds is 6. The molecular formula is C23H15N3O3. The van der Waals surface area contributed by atoms with E-state index < -0.39 is 0 Å². The molecule has 140 valence electrons. The van der Waals surface area contributed by atoms with Gasteiger partial charge in [-0.05, 0) is 47.1 Å². The maximum atomic E-state index is 10.6. The lowest BCUT2D eigenvalue weighted by atomic mass is 10.1. The lowest BCUT2D eigenvalue weighted by Crippen LogP contribution is -2.00. The predicted octanol–water partition coefficient (Wildman–Crippen LogP) is 5.88. The first-order valence-electron chi connectivity index (χ1n) is 8.88. The van der Waals surface area contributed by atoms with E-state index in [2.05, 4.69) is 16.2 Å². The van der Waals surface area contributed by atoms with Crippen molar-refractivity contribution in [1.82, 2.24) is 4.98 Å². The van der Waals surface area contributed by atoms with Gasteiger partial charge in [0.05, 0.1) is 5.52 Å². The van der Waals surface area contributed by atoms with Crippen LogP contribution in [0.1, 0.15) is 11.1 Å². The third-order valence-electron chi connectivity index (χ3n) is 4.34. The van der Waals surface area contributed by atoms with Crippen LogP contribution in [-0.4, -0.2) is 4.98 Å². The van der Waals surface area contributed by atoms with Crippen LogP contribution in [0.3, 0.4) is 0 Å². The lowest BCUT2D eigenvalue weighted by molar-refractivity contribution is 0.304. The molecule has 0 fully saturated rings. The number of ether oxygens (including phenoxy) is 2. The quantitative estimate of drug-likeness (QED) is 0.390. The van der Waals surface area contributed by atoms with Gasteiger partial charge in [0.1, 0.15) is 35.4 Å². The molecule has 1 aromatic heterocycles. The second-order valence-corrected chi connectivity index (χ2v) is 6.22. The van der Waals surface area contributed by atoms with Crippen LogP contribution in [0, 0.1) is 16.2 Å². The molecule has 29 heavy (non-hydrogen) atoms. The Labute approximate surface area is 166 Å². The van der Waals surface area contributed by atoms with Crippen molar-refractivity contribution in [1.29, 1.82) is 5.26 Å². The molecule has 0 saturated carbocycles. The predicted molar refractivity (Wildman–Crippen MR) is 109 cm³/mol. The monoisotopic (exact) mass is 381 g/mol. The minimum Gasteiger partial charge on any atom is -0.487 e. The largest absolute Gasteiger partial charge is 0.487 e. The summed E-state index contributed by atoms with van der Waals surface area (Å²) in [6, 6.07) is 23.6. The lowest BCUT2D eigenvalue weighted by Gasteiger charge is -2.15. The maximum Gasteiger partial charge on any atom is 0.158 e. The third kappa shape index (κ3) is 3.89. The Morgan fingerprint density at radius 1 is 1.00 bits per heavy atom. The molecule has 0 unspecified atom stereocenters. The zero-order valence-electron chi connectivity index (χ0n) is 15.3. The molecule has 0 amide bonds. The highest BCUT2D eigenvalue weighted by atomic mass is 16.5. The topological polar surface area (TPSA) is 84.6 Å². The molecule has 3 aromatic carbocycles. The van der Waals surface area contributed by atoms with Gasteiger partial charge >= 0.3 is 0 Å².